The van der Waals surface area contributed by atoms with Gasteiger partial charge in [-0.3, -0.25) is 4.79 Å². The molecule has 0 heterocycles. The van der Waals surface area contributed by atoms with Crippen molar-refractivity contribution in [3.8, 4) is 5.75 Å². The maximum absolute atomic E-state index is 12.4. The lowest BCUT2D eigenvalue weighted by molar-refractivity contribution is -0.188. The first-order valence-corrected chi connectivity index (χ1v) is 6.51. The number of benzene rings is 1. The van der Waals surface area contributed by atoms with Crippen LogP contribution in [0.5, 0.6) is 5.75 Å². The van der Waals surface area contributed by atoms with Crippen molar-refractivity contribution >= 4 is 17.7 Å². The van der Waals surface area contributed by atoms with Gasteiger partial charge >= 0.3 is 12.1 Å². The van der Waals surface area contributed by atoms with Crippen LogP contribution in [0, 0.1) is 5.92 Å². The summed E-state index contributed by atoms with van der Waals surface area (Å²) >= 11 is 0.918. The third-order valence-electron chi connectivity index (χ3n) is 2.43. The minimum absolute atomic E-state index is 0.268. The second kappa shape index (κ2) is 6.70. The number of carboxylic acid groups (broad SMARTS) is 1. The highest BCUT2D eigenvalue weighted by molar-refractivity contribution is 7.98. The van der Waals surface area contributed by atoms with Gasteiger partial charge in [0.1, 0.15) is 5.75 Å². The Morgan fingerprint density at radius 3 is 2.58 bits per heavy atom. The predicted octanol–water partition coefficient (Wildman–Crippen LogP) is 3.19. The summed E-state index contributed by atoms with van der Waals surface area (Å²) in [4.78, 5) is 10.6. The molecule has 1 atom stereocenters. The fourth-order valence-electron chi connectivity index (χ4n) is 1.41. The highest BCUT2D eigenvalue weighted by atomic mass is 32.2. The largest absolute Gasteiger partial charge is 0.496 e. The molecule has 1 unspecified atom stereocenters. The van der Waals surface area contributed by atoms with Gasteiger partial charge in [0.15, 0.2) is 5.92 Å². The number of hydrogen-bond acceptors (Lipinski definition) is 3. The van der Waals surface area contributed by atoms with Crippen LogP contribution in [0.3, 0.4) is 0 Å². The van der Waals surface area contributed by atoms with Gasteiger partial charge in [0.05, 0.1) is 7.11 Å². The van der Waals surface area contributed by atoms with E-state index >= 15 is 0 Å². The topological polar surface area (TPSA) is 46.5 Å². The van der Waals surface area contributed by atoms with Gasteiger partial charge in [0, 0.05) is 17.1 Å². The maximum atomic E-state index is 12.4. The minimum Gasteiger partial charge on any atom is -0.496 e. The molecule has 0 fully saturated rings. The third kappa shape index (κ3) is 4.66. The number of aliphatic carboxylic acids is 1. The smallest absolute Gasteiger partial charge is 0.403 e. The molecular weight excluding hydrogens is 281 g/mol. The maximum Gasteiger partial charge on any atom is 0.403 e. The summed E-state index contributed by atoms with van der Waals surface area (Å²) in [5.74, 6) is -3.86. The minimum atomic E-state index is -4.72. The summed E-state index contributed by atoms with van der Waals surface area (Å²) in [5, 5.41) is 8.55. The molecule has 0 amide bonds. The standard InChI is InChI=1S/C12H13F3O3S/c1-18-10-5-3-2-4-8(10)6-19-7-9(11(16)17)12(13,14)15/h2-5,9H,6-7H2,1H3,(H,16,17). The molecule has 0 saturated carbocycles. The second-order valence-corrected chi connectivity index (χ2v) is 4.79. The predicted molar refractivity (Wildman–Crippen MR) is 66.3 cm³/mol. The van der Waals surface area contributed by atoms with Crippen LogP contribution in [-0.2, 0) is 10.5 Å². The van der Waals surface area contributed by atoms with Gasteiger partial charge in [-0.15, -0.1) is 0 Å². The zero-order chi connectivity index (χ0) is 14.5. The molecule has 0 radical (unpaired) electrons. The summed E-state index contributed by atoms with van der Waals surface area (Å²) in [5.41, 5.74) is 0.737. The molecule has 0 aliphatic carbocycles. The van der Waals surface area contributed by atoms with E-state index in [1.165, 1.54) is 7.11 Å². The quantitative estimate of drug-likeness (QED) is 0.875. The Labute approximate surface area is 112 Å². The number of alkyl halides is 3. The van der Waals surface area contributed by atoms with E-state index < -0.39 is 23.8 Å². The van der Waals surface area contributed by atoms with Crippen LogP contribution >= 0.6 is 11.8 Å². The van der Waals surface area contributed by atoms with Gasteiger partial charge in [-0.1, -0.05) is 18.2 Å². The molecule has 0 bridgehead atoms. The van der Waals surface area contributed by atoms with E-state index in [0.29, 0.717) is 5.75 Å². The van der Waals surface area contributed by atoms with Gasteiger partial charge in [0.2, 0.25) is 0 Å². The summed E-state index contributed by atoms with van der Waals surface area (Å²) in [6.07, 6.45) is -4.72. The fraction of sp³-hybridized carbons (Fsp3) is 0.417. The normalized spacial score (nSPS) is 13.1. The van der Waals surface area contributed by atoms with Crippen LogP contribution in [-0.4, -0.2) is 30.1 Å². The second-order valence-electron chi connectivity index (χ2n) is 3.76. The number of carboxylic acids is 1. The molecule has 0 aliphatic rings. The van der Waals surface area contributed by atoms with Crippen molar-refractivity contribution in [1.29, 1.82) is 0 Å². The van der Waals surface area contributed by atoms with Crippen molar-refractivity contribution in [1.82, 2.24) is 0 Å². The van der Waals surface area contributed by atoms with E-state index in [1.54, 1.807) is 24.3 Å². The van der Waals surface area contributed by atoms with Crippen molar-refractivity contribution in [3.63, 3.8) is 0 Å². The number of hydrogen-bond donors (Lipinski definition) is 1. The molecule has 0 saturated heterocycles. The van der Waals surface area contributed by atoms with Crippen LogP contribution in [0.4, 0.5) is 13.2 Å². The number of carbonyl (C=O) groups is 1. The molecule has 1 N–H and O–H groups in total. The molecule has 0 aromatic heterocycles. The van der Waals surface area contributed by atoms with Crippen LogP contribution in [0.25, 0.3) is 0 Å². The summed E-state index contributed by atoms with van der Waals surface area (Å²) in [7, 11) is 1.47. The van der Waals surface area contributed by atoms with Crippen molar-refractivity contribution in [2.75, 3.05) is 12.9 Å². The Morgan fingerprint density at radius 2 is 2.05 bits per heavy atom. The number of methoxy groups -OCH3 is 1. The summed E-state index contributed by atoms with van der Waals surface area (Å²) < 4.78 is 42.3. The van der Waals surface area contributed by atoms with E-state index in [9.17, 15) is 18.0 Å². The Morgan fingerprint density at radius 1 is 1.42 bits per heavy atom. The summed E-state index contributed by atoms with van der Waals surface area (Å²) in [6, 6.07) is 6.93. The first-order chi connectivity index (χ1) is 8.86. The van der Waals surface area contributed by atoms with Gasteiger partial charge in [0.25, 0.3) is 0 Å². The molecular formula is C12H13F3O3S. The van der Waals surface area contributed by atoms with E-state index in [2.05, 4.69) is 0 Å². The Hall–Kier alpha value is -1.37. The Kier molecular flexibility index (Phi) is 5.53. The van der Waals surface area contributed by atoms with Crippen LogP contribution in [0.1, 0.15) is 5.56 Å². The highest BCUT2D eigenvalue weighted by Crippen LogP contribution is 2.31. The Bertz CT molecular complexity index is 434. The SMILES string of the molecule is COc1ccccc1CSCC(C(=O)O)C(F)(F)F. The zero-order valence-electron chi connectivity index (χ0n) is 10.1. The zero-order valence-corrected chi connectivity index (χ0v) is 10.9. The lowest BCUT2D eigenvalue weighted by Gasteiger charge is -2.15. The van der Waals surface area contributed by atoms with E-state index in [-0.39, 0.29) is 5.75 Å². The van der Waals surface area contributed by atoms with Gasteiger partial charge in [-0.25, -0.2) is 0 Å². The molecule has 3 nitrogen and oxygen atoms in total. The first-order valence-electron chi connectivity index (χ1n) is 5.35. The average Bonchev–Trinajstić information content (AvgIpc) is 2.33. The van der Waals surface area contributed by atoms with Crippen molar-refractivity contribution in [3.05, 3.63) is 29.8 Å². The monoisotopic (exact) mass is 294 g/mol. The lowest BCUT2D eigenvalue weighted by atomic mass is 10.2. The number of ether oxygens (including phenoxy) is 1. The number of thioether (sulfide) groups is 1. The van der Waals surface area contributed by atoms with E-state index in [1.807, 2.05) is 0 Å². The average molecular weight is 294 g/mol. The highest BCUT2D eigenvalue weighted by Gasteiger charge is 2.44. The van der Waals surface area contributed by atoms with Crippen LogP contribution < -0.4 is 4.74 Å². The molecule has 0 aliphatic heterocycles. The van der Waals surface area contributed by atoms with Gasteiger partial charge in [-0.05, 0) is 6.07 Å². The fourth-order valence-corrected chi connectivity index (χ4v) is 2.56. The van der Waals surface area contributed by atoms with Crippen LogP contribution in [0.2, 0.25) is 0 Å². The molecule has 1 aromatic rings. The van der Waals surface area contributed by atoms with Crippen LogP contribution in [0.15, 0.2) is 24.3 Å². The first kappa shape index (κ1) is 15.7. The molecule has 106 valence electrons. The molecule has 19 heavy (non-hydrogen) atoms. The molecule has 0 spiro atoms. The lowest BCUT2D eigenvalue weighted by Crippen LogP contribution is -2.32. The molecule has 1 aromatic carbocycles. The van der Waals surface area contributed by atoms with E-state index in [4.69, 9.17) is 9.84 Å². The number of rotatable bonds is 6. The van der Waals surface area contributed by atoms with Crippen molar-refractivity contribution in [2.45, 2.75) is 11.9 Å². The molecule has 7 heteroatoms. The Balaban J connectivity index is 2.60. The third-order valence-corrected chi connectivity index (χ3v) is 3.51. The van der Waals surface area contributed by atoms with Gasteiger partial charge < -0.3 is 9.84 Å². The number of para-hydroxylation sites is 1. The number of halogens is 3. The van der Waals surface area contributed by atoms with Gasteiger partial charge in [-0.2, -0.15) is 24.9 Å². The molecule has 1 rings (SSSR count). The van der Waals surface area contributed by atoms with Crippen molar-refractivity contribution < 1.29 is 27.8 Å². The summed E-state index contributed by atoms with van der Waals surface area (Å²) in [6.45, 7) is 0. The van der Waals surface area contributed by atoms with Crippen molar-refractivity contribution in [2.24, 2.45) is 5.92 Å². The van der Waals surface area contributed by atoms with E-state index in [0.717, 1.165) is 17.3 Å².